The number of ether oxygens (including phenoxy) is 2. The molecule has 1 heterocycles. The molecule has 0 unspecified atom stereocenters. The lowest BCUT2D eigenvalue weighted by Gasteiger charge is -2.38. The molecule has 0 N–H and O–H groups in total. The van der Waals surface area contributed by atoms with Crippen molar-refractivity contribution in [1.82, 2.24) is 4.90 Å². The van der Waals surface area contributed by atoms with E-state index in [0.29, 0.717) is 36.5 Å². The maximum Gasteiger partial charge on any atom is 0.258 e. The Morgan fingerprint density at radius 2 is 1.50 bits per heavy atom. The van der Waals surface area contributed by atoms with E-state index in [1.807, 2.05) is 29.2 Å². The predicted octanol–water partition coefficient (Wildman–Crippen LogP) is 5.29. The summed E-state index contributed by atoms with van der Waals surface area (Å²) in [5.41, 5.74) is 1.85. The molecule has 1 aliphatic heterocycles. The summed E-state index contributed by atoms with van der Waals surface area (Å²) in [5.74, 6) is 0.213. The van der Waals surface area contributed by atoms with Gasteiger partial charge in [0.05, 0.1) is 14.2 Å². The van der Waals surface area contributed by atoms with Crippen molar-refractivity contribution in [3.05, 3.63) is 89.5 Å². The van der Waals surface area contributed by atoms with Crippen LogP contribution in [0.4, 0.5) is 14.5 Å². The van der Waals surface area contributed by atoms with Gasteiger partial charge in [-0.3, -0.25) is 9.69 Å². The molecule has 0 aliphatic carbocycles. The Hall–Kier alpha value is -3.45. The first kappa shape index (κ1) is 23.7. The fourth-order valence-corrected chi connectivity index (χ4v) is 4.34. The van der Waals surface area contributed by atoms with Crippen molar-refractivity contribution in [2.75, 3.05) is 32.2 Å². The molecule has 0 atom stereocenters. The Balaban J connectivity index is 1.52. The van der Waals surface area contributed by atoms with E-state index in [1.165, 1.54) is 12.1 Å². The molecule has 0 radical (unpaired) electrons. The molecular weight excluding hydrogens is 438 g/mol. The maximum absolute atomic E-state index is 14.1. The van der Waals surface area contributed by atoms with Crippen molar-refractivity contribution in [1.29, 1.82) is 0 Å². The van der Waals surface area contributed by atoms with Crippen LogP contribution < -0.4 is 14.4 Å². The quantitative estimate of drug-likeness (QED) is 0.474. The fraction of sp³-hybridized carbons (Fsp3) is 0.296. The number of amides is 1. The first-order valence-electron chi connectivity index (χ1n) is 11.3. The van der Waals surface area contributed by atoms with Crippen LogP contribution in [0.3, 0.4) is 0 Å². The molecule has 0 saturated carbocycles. The minimum absolute atomic E-state index is 0.0164. The maximum atomic E-state index is 14.1. The Labute approximate surface area is 198 Å². The molecule has 5 nitrogen and oxygen atoms in total. The lowest BCUT2D eigenvalue weighted by Crippen LogP contribution is -2.47. The summed E-state index contributed by atoms with van der Waals surface area (Å²) in [5, 5.41) is 0. The van der Waals surface area contributed by atoms with Crippen LogP contribution in [0.1, 0.15) is 28.8 Å². The van der Waals surface area contributed by atoms with E-state index in [-0.39, 0.29) is 11.9 Å². The first-order chi connectivity index (χ1) is 16.5. The zero-order valence-electron chi connectivity index (χ0n) is 19.3. The topological polar surface area (TPSA) is 42.0 Å². The molecule has 1 saturated heterocycles. The molecule has 0 aromatic heterocycles. The predicted molar refractivity (Wildman–Crippen MR) is 127 cm³/mol. The third-order valence-corrected chi connectivity index (χ3v) is 6.24. The number of hydrogen-bond donors (Lipinski definition) is 0. The summed E-state index contributed by atoms with van der Waals surface area (Å²) < 4.78 is 37.8. The van der Waals surface area contributed by atoms with E-state index >= 15 is 0 Å². The number of halogens is 2. The normalized spacial score (nSPS) is 14.6. The van der Waals surface area contributed by atoms with Gasteiger partial charge in [-0.15, -0.1) is 0 Å². The summed E-state index contributed by atoms with van der Waals surface area (Å²) in [7, 11) is 3.20. The van der Waals surface area contributed by atoms with E-state index in [9.17, 15) is 13.6 Å². The van der Waals surface area contributed by atoms with Gasteiger partial charge in [-0.1, -0.05) is 6.07 Å². The van der Waals surface area contributed by atoms with Crippen LogP contribution in [0.25, 0.3) is 0 Å². The summed E-state index contributed by atoms with van der Waals surface area (Å²) in [4.78, 5) is 17.6. The molecule has 1 amide bonds. The van der Waals surface area contributed by atoms with Crippen LogP contribution in [0.5, 0.6) is 11.5 Å². The van der Waals surface area contributed by atoms with Gasteiger partial charge < -0.3 is 14.4 Å². The van der Waals surface area contributed by atoms with Gasteiger partial charge in [0.1, 0.15) is 23.1 Å². The molecule has 3 aromatic rings. The average molecular weight is 467 g/mol. The highest BCUT2D eigenvalue weighted by Crippen LogP contribution is 2.29. The van der Waals surface area contributed by atoms with Crippen molar-refractivity contribution in [3.63, 3.8) is 0 Å². The number of rotatable bonds is 7. The summed E-state index contributed by atoms with van der Waals surface area (Å²) in [6.07, 6.45) is 1.47. The van der Waals surface area contributed by atoms with E-state index in [2.05, 4.69) is 4.90 Å². The summed E-state index contributed by atoms with van der Waals surface area (Å²) in [6.45, 7) is 1.81. The lowest BCUT2D eigenvalue weighted by molar-refractivity contribution is 0.0958. The van der Waals surface area contributed by atoms with Crippen molar-refractivity contribution in [2.24, 2.45) is 0 Å². The zero-order chi connectivity index (χ0) is 24.1. The van der Waals surface area contributed by atoms with E-state index in [4.69, 9.17) is 9.47 Å². The molecule has 4 rings (SSSR count). The molecule has 0 bridgehead atoms. The number of nitrogens with zero attached hydrogens (tertiary/aromatic N) is 2. The Morgan fingerprint density at radius 1 is 0.912 bits per heavy atom. The highest BCUT2D eigenvalue weighted by atomic mass is 19.1. The Kier molecular flexibility index (Phi) is 7.43. The highest BCUT2D eigenvalue weighted by Gasteiger charge is 2.30. The standard InChI is InChI=1S/C27H28F2N2O3/c1-33-24-9-4-19(5-10-24)27(32)31(22-7-11-25(34-2)12-8-22)23-13-15-30(16-14-23)18-20-3-6-21(28)17-26(20)29/h3-12,17,23H,13-16,18H2,1-2H3. The van der Waals surface area contributed by atoms with Crippen LogP contribution in [-0.2, 0) is 6.54 Å². The molecule has 178 valence electrons. The van der Waals surface area contributed by atoms with E-state index in [0.717, 1.165) is 30.3 Å². The van der Waals surface area contributed by atoms with Gasteiger partial charge in [0.15, 0.2) is 0 Å². The van der Waals surface area contributed by atoms with Gasteiger partial charge >= 0.3 is 0 Å². The van der Waals surface area contributed by atoms with Crippen molar-refractivity contribution >= 4 is 11.6 Å². The molecule has 3 aromatic carbocycles. The Bertz CT molecular complexity index is 1110. The SMILES string of the molecule is COc1ccc(C(=O)N(c2ccc(OC)cc2)C2CCN(Cc3ccc(F)cc3F)CC2)cc1. The highest BCUT2D eigenvalue weighted by molar-refractivity contribution is 6.06. The van der Waals surface area contributed by atoms with Crippen molar-refractivity contribution in [3.8, 4) is 11.5 Å². The molecular formula is C27H28F2N2O3. The van der Waals surface area contributed by atoms with E-state index in [1.54, 1.807) is 38.5 Å². The first-order valence-corrected chi connectivity index (χ1v) is 11.3. The number of carbonyl (C=O) groups is 1. The average Bonchev–Trinajstić information content (AvgIpc) is 2.87. The van der Waals surface area contributed by atoms with Gasteiger partial charge in [-0.25, -0.2) is 8.78 Å². The van der Waals surface area contributed by atoms with Crippen molar-refractivity contribution < 1.29 is 23.0 Å². The van der Waals surface area contributed by atoms with Crippen LogP contribution in [0, 0.1) is 11.6 Å². The van der Waals surface area contributed by atoms with E-state index < -0.39 is 11.6 Å². The fourth-order valence-electron chi connectivity index (χ4n) is 4.34. The second kappa shape index (κ2) is 10.7. The largest absolute Gasteiger partial charge is 0.497 e. The smallest absolute Gasteiger partial charge is 0.258 e. The third-order valence-electron chi connectivity index (χ3n) is 6.24. The number of benzene rings is 3. The summed E-state index contributed by atoms with van der Waals surface area (Å²) >= 11 is 0. The molecule has 34 heavy (non-hydrogen) atoms. The van der Waals surface area contributed by atoms with Gasteiger partial charge in [0, 0.05) is 48.6 Å². The van der Waals surface area contributed by atoms with Crippen LogP contribution in [0.2, 0.25) is 0 Å². The van der Waals surface area contributed by atoms with Crippen LogP contribution in [-0.4, -0.2) is 44.2 Å². The molecule has 1 aliphatic rings. The number of hydrogen-bond acceptors (Lipinski definition) is 4. The Morgan fingerprint density at radius 3 is 2.06 bits per heavy atom. The third kappa shape index (κ3) is 5.37. The molecule has 0 spiro atoms. The molecule has 7 heteroatoms. The van der Waals surface area contributed by atoms with Gasteiger partial charge in [0.2, 0.25) is 0 Å². The lowest BCUT2D eigenvalue weighted by atomic mass is 10.00. The minimum Gasteiger partial charge on any atom is -0.497 e. The van der Waals surface area contributed by atoms with Gasteiger partial charge in [-0.05, 0) is 67.4 Å². The molecule has 1 fully saturated rings. The van der Waals surface area contributed by atoms with Gasteiger partial charge in [-0.2, -0.15) is 0 Å². The number of likely N-dealkylation sites (tertiary alicyclic amines) is 1. The van der Waals surface area contributed by atoms with Crippen molar-refractivity contribution in [2.45, 2.75) is 25.4 Å². The monoisotopic (exact) mass is 466 g/mol. The minimum atomic E-state index is -0.577. The number of carbonyl (C=O) groups excluding carboxylic acids is 1. The number of piperidine rings is 1. The second-order valence-electron chi connectivity index (χ2n) is 8.34. The zero-order valence-corrected chi connectivity index (χ0v) is 19.3. The number of methoxy groups -OCH3 is 2. The summed E-state index contributed by atoms with van der Waals surface area (Å²) in [6, 6.07) is 18.2. The second-order valence-corrected chi connectivity index (χ2v) is 8.34. The van der Waals surface area contributed by atoms with Crippen LogP contribution >= 0.6 is 0 Å². The van der Waals surface area contributed by atoms with Gasteiger partial charge in [0.25, 0.3) is 5.91 Å². The number of anilines is 1. The van der Waals surface area contributed by atoms with Crippen LogP contribution in [0.15, 0.2) is 66.7 Å².